The van der Waals surface area contributed by atoms with Crippen LogP contribution in [0.2, 0.25) is 0 Å². The van der Waals surface area contributed by atoms with Gasteiger partial charge >= 0.3 is 17.9 Å². The molecular weight excluding hydrogens is 793 g/mol. The van der Waals surface area contributed by atoms with Crippen LogP contribution in [0.1, 0.15) is 220 Å². The Morgan fingerprint density at radius 3 is 1.09 bits per heavy atom. The number of ether oxygens (including phenoxy) is 3. The molecule has 1 unspecified atom stereocenters. The van der Waals surface area contributed by atoms with E-state index in [0.29, 0.717) is 19.3 Å². The average molecular weight is 887 g/mol. The SMILES string of the molecule is CC/C=C\C/C=C\C/C=C\C/C=C\C/C=C\CCCCCC(=O)OCC(COC(=O)CCCC/C=C\C/C=C\CC)OC(=O)CCCCCCC/C=C\C=C/CCCCCCCCC. The first kappa shape index (κ1) is 60.1. The number of unbranched alkanes of at least 4 members (excludes halogenated alkanes) is 17. The smallest absolute Gasteiger partial charge is 0.306 e. The minimum Gasteiger partial charge on any atom is -0.462 e. The first-order chi connectivity index (χ1) is 31.5. The van der Waals surface area contributed by atoms with Gasteiger partial charge in [0.05, 0.1) is 0 Å². The van der Waals surface area contributed by atoms with E-state index in [0.717, 1.165) is 128 Å². The molecule has 0 aliphatic heterocycles. The van der Waals surface area contributed by atoms with Crippen molar-refractivity contribution in [2.45, 2.75) is 226 Å². The zero-order valence-electron chi connectivity index (χ0n) is 41.3. The molecule has 0 amide bonds. The number of hydrogen-bond donors (Lipinski definition) is 0. The van der Waals surface area contributed by atoms with Gasteiger partial charge in [0, 0.05) is 19.3 Å². The van der Waals surface area contributed by atoms with Gasteiger partial charge in [-0.25, -0.2) is 0 Å². The second kappa shape index (κ2) is 51.7. The molecule has 6 heteroatoms. The zero-order chi connectivity index (χ0) is 46.5. The molecule has 64 heavy (non-hydrogen) atoms. The molecule has 0 rings (SSSR count). The number of carbonyl (C=O) groups excluding carboxylic acids is 3. The minimum absolute atomic E-state index is 0.114. The van der Waals surface area contributed by atoms with Crippen molar-refractivity contribution in [3.63, 3.8) is 0 Å². The number of esters is 3. The van der Waals surface area contributed by atoms with Gasteiger partial charge in [-0.15, -0.1) is 0 Å². The van der Waals surface area contributed by atoms with Crippen LogP contribution in [0.3, 0.4) is 0 Å². The minimum atomic E-state index is -0.814. The van der Waals surface area contributed by atoms with E-state index in [9.17, 15) is 14.4 Å². The highest BCUT2D eigenvalue weighted by molar-refractivity contribution is 5.71. The van der Waals surface area contributed by atoms with Crippen LogP contribution in [-0.2, 0) is 28.6 Å². The van der Waals surface area contributed by atoms with Crippen LogP contribution in [-0.4, -0.2) is 37.2 Å². The summed E-state index contributed by atoms with van der Waals surface area (Å²) in [7, 11) is 0. The lowest BCUT2D eigenvalue weighted by atomic mass is 10.1. The van der Waals surface area contributed by atoms with Crippen molar-refractivity contribution >= 4 is 17.9 Å². The maximum absolute atomic E-state index is 12.8. The summed E-state index contributed by atoms with van der Waals surface area (Å²) in [6.45, 7) is 6.31. The summed E-state index contributed by atoms with van der Waals surface area (Å²) >= 11 is 0. The highest BCUT2D eigenvalue weighted by atomic mass is 16.6. The van der Waals surface area contributed by atoms with Crippen LogP contribution in [0.4, 0.5) is 0 Å². The van der Waals surface area contributed by atoms with E-state index in [1.165, 1.54) is 51.4 Å². The Bertz CT molecular complexity index is 1340. The highest BCUT2D eigenvalue weighted by Crippen LogP contribution is 2.12. The van der Waals surface area contributed by atoms with Gasteiger partial charge in [0.2, 0.25) is 0 Å². The molecule has 0 radical (unpaired) electrons. The summed E-state index contributed by atoms with van der Waals surface area (Å²) in [5, 5.41) is 0. The summed E-state index contributed by atoms with van der Waals surface area (Å²) < 4.78 is 16.7. The van der Waals surface area contributed by atoms with Gasteiger partial charge in [-0.3, -0.25) is 14.4 Å². The van der Waals surface area contributed by atoms with Crippen molar-refractivity contribution in [3.05, 3.63) is 109 Å². The normalized spacial score (nSPS) is 13.0. The highest BCUT2D eigenvalue weighted by Gasteiger charge is 2.19. The van der Waals surface area contributed by atoms with E-state index in [2.05, 4.69) is 130 Å². The van der Waals surface area contributed by atoms with E-state index in [1.807, 2.05) is 0 Å². The van der Waals surface area contributed by atoms with E-state index in [-0.39, 0.29) is 31.1 Å². The molecule has 0 spiro atoms. The Labute approximate surface area is 393 Å². The van der Waals surface area contributed by atoms with E-state index >= 15 is 0 Å². The molecule has 0 saturated carbocycles. The largest absolute Gasteiger partial charge is 0.462 e. The monoisotopic (exact) mass is 887 g/mol. The molecule has 0 aromatic rings. The van der Waals surface area contributed by atoms with Crippen LogP contribution in [0, 0.1) is 0 Å². The summed E-state index contributed by atoms with van der Waals surface area (Å²) in [6, 6.07) is 0. The Hall–Kier alpha value is -3.93. The lowest BCUT2D eigenvalue weighted by Gasteiger charge is -2.18. The first-order valence-electron chi connectivity index (χ1n) is 25.9. The molecule has 0 aromatic heterocycles. The first-order valence-corrected chi connectivity index (χ1v) is 25.9. The van der Waals surface area contributed by atoms with Crippen molar-refractivity contribution < 1.29 is 28.6 Å². The quantitative estimate of drug-likeness (QED) is 0.0199. The second-order valence-electron chi connectivity index (χ2n) is 16.7. The van der Waals surface area contributed by atoms with Gasteiger partial charge < -0.3 is 14.2 Å². The van der Waals surface area contributed by atoms with Crippen molar-refractivity contribution in [3.8, 4) is 0 Å². The molecule has 0 heterocycles. The fourth-order valence-electron chi connectivity index (χ4n) is 6.67. The average Bonchev–Trinajstić information content (AvgIpc) is 3.29. The van der Waals surface area contributed by atoms with Crippen LogP contribution in [0.5, 0.6) is 0 Å². The third-order valence-electron chi connectivity index (χ3n) is 10.5. The molecule has 362 valence electrons. The van der Waals surface area contributed by atoms with Crippen molar-refractivity contribution in [2.75, 3.05) is 13.2 Å². The molecule has 0 saturated heterocycles. The number of carbonyl (C=O) groups is 3. The molecule has 6 nitrogen and oxygen atoms in total. The summed E-state index contributed by atoms with van der Waals surface area (Å²) in [5.74, 6) is -1.00. The van der Waals surface area contributed by atoms with E-state index < -0.39 is 6.10 Å². The van der Waals surface area contributed by atoms with Crippen LogP contribution < -0.4 is 0 Å². The Kier molecular flexibility index (Phi) is 48.5. The van der Waals surface area contributed by atoms with Crippen LogP contribution in [0.25, 0.3) is 0 Å². The lowest BCUT2D eigenvalue weighted by Crippen LogP contribution is -2.30. The van der Waals surface area contributed by atoms with Crippen LogP contribution in [0.15, 0.2) is 109 Å². The third-order valence-corrected chi connectivity index (χ3v) is 10.5. The third kappa shape index (κ3) is 49.1. The topological polar surface area (TPSA) is 78.9 Å². The Morgan fingerprint density at radius 2 is 0.656 bits per heavy atom. The molecule has 0 aromatic carbocycles. The van der Waals surface area contributed by atoms with Gasteiger partial charge in [-0.05, 0) is 116 Å². The van der Waals surface area contributed by atoms with E-state index in [1.54, 1.807) is 0 Å². The zero-order valence-corrected chi connectivity index (χ0v) is 41.3. The fraction of sp³-hybridized carbons (Fsp3) is 0.638. The van der Waals surface area contributed by atoms with Gasteiger partial charge in [0.15, 0.2) is 6.10 Å². The number of hydrogen-bond acceptors (Lipinski definition) is 6. The van der Waals surface area contributed by atoms with Gasteiger partial charge in [-0.2, -0.15) is 0 Å². The van der Waals surface area contributed by atoms with E-state index in [4.69, 9.17) is 14.2 Å². The summed E-state index contributed by atoms with van der Waals surface area (Å²) in [5.41, 5.74) is 0. The maximum Gasteiger partial charge on any atom is 0.306 e. The van der Waals surface area contributed by atoms with Gasteiger partial charge in [0.25, 0.3) is 0 Å². The number of rotatable bonds is 45. The predicted molar refractivity (Wildman–Crippen MR) is 274 cm³/mol. The Morgan fingerprint density at radius 1 is 0.344 bits per heavy atom. The summed E-state index contributed by atoms with van der Waals surface area (Å²) in [4.78, 5) is 37.9. The molecule has 0 N–H and O–H groups in total. The number of allylic oxidation sites excluding steroid dienone is 18. The fourth-order valence-corrected chi connectivity index (χ4v) is 6.67. The van der Waals surface area contributed by atoms with Crippen LogP contribution >= 0.6 is 0 Å². The summed E-state index contributed by atoms with van der Waals surface area (Å²) in [6.07, 6.45) is 69.5. The molecular formula is C58H94O6. The van der Waals surface area contributed by atoms with Crippen molar-refractivity contribution in [1.29, 1.82) is 0 Å². The molecule has 0 fully saturated rings. The predicted octanol–water partition coefficient (Wildman–Crippen LogP) is 17.1. The molecule has 0 bridgehead atoms. The van der Waals surface area contributed by atoms with Gasteiger partial charge in [-0.1, -0.05) is 194 Å². The lowest BCUT2D eigenvalue weighted by molar-refractivity contribution is -0.167. The molecule has 0 aliphatic carbocycles. The van der Waals surface area contributed by atoms with Gasteiger partial charge in [0.1, 0.15) is 13.2 Å². The second-order valence-corrected chi connectivity index (χ2v) is 16.7. The van der Waals surface area contributed by atoms with Crippen molar-refractivity contribution in [1.82, 2.24) is 0 Å². The molecule has 0 aliphatic rings. The molecule has 1 atom stereocenters. The van der Waals surface area contributed by atoms with Crippen molar-refractivity contribution in [2.24, 2.45) is 0 Å². The standard InChI is InChI=1S/C58H94O6/c1-4-7-10-13-16-19-21-23-25-27-29-31-32-34-36-39-42-45-48-51-57(60)63-54-55(53-62-56(59)50-47-44-41-38-18-15-12-9-6-3)64-58(61)52-49-46-43-40-37-35-33-30-28-26-24-22-20-17-14-11-8-5-2/h7,9-10,12,16,18-19,23,25-26,28-31,33-34,36,38,55H,4-6,8,11,13-15,17,20-22,24,27,32,35,37,39-54H2,1-3H3/b10-7-,12-9-,19-16-,25-23-,28-26-,31-29-,33-30-,36-34-,38-18-. The maximum atomic E-state index is 12.8. The Balaban J connectivity index is 4.45.